The lowest BCUT2D eigenvalue weighted by Crippen LogP contribution is -2.33. The molecule has 1 heterocycles. The molecule has 0 saturated heterocycles. The van der Waals surface area contributed by atoms with Crippen molar-refractivity contribution >= 4 is 11.6 Å². The van der Waals surface area contributed by atoms with Crippen molar-refractivity contribution in [3.8, 4) is 0 Å². The first kappa shape index (κ1) is 17.4. The standard InChI is InChI=1S/C17H19N3O4/c1-3-13-4-6-14(7-5-13)10-18(2)17(22)12-19-11-15(20(23)24)8-9-16(19)21/h4-9,11H,3,10,12H2,1-2H3. The zero-order valence-corrected chi connectivity index (χ0v) is 13.6. The molecule has 0 aliphatic rings. The molecule has 0 spiro atoms. The molecule has 0 unspecified atom stereocenters. The number of aryl methyl sites for hydroxylation is 1. The summed E-state index contributed by atoms with van der Waals surface area (Å²) in [5.74, 6) is -0.294. The van der Waals surface area contributed by atoms with E-state index in [1.807, 2.05) is 24.3 Å². The Kier molecular flexibility index (Phi) is 5.47. The van der Waals surface area contributed by atoms with E-state index < -0.39 is 10.5 Å². The Balaban J connectivity index is 2.07. The molecular formula is C17H19N3O4. The van der Waals surface area contributed by atoms with Gasteiger partial charge in [0, 0.05) is 25.7 Å². The maximum atomic E-state index is 12.3. The zero-order chi connectivity index (χ0) is 17.7. The predicted molar refractivity (Wildman–Crippen MR) is 89.7 cm³/mol. The summed E-state index contributed by atoms with van der Waals surface area (Å²) in [5, 5.41) is 10.8. The van der Waals surface area contributed by atoms with E-state index in [0.717, 1.165) is 34.9 Å². The van der Waals surface area contributed by atoms with Gasteiger partial charge in [-0.25, -0.2) is 0 Å². The molecule has 2 aromatic rings. The SMILES string of the molecule is CCc1ccc(CN(C)C(=O)Cn2cc([N+](=O)[O-])ccc2=O)cc1. The van der Waals surface area contributed by atoms with Crippen LogP contribution in [-0.2, 0) is 24.3 Å². The molecule has 0 atom stereocenters. The molecule has 0 aliphatic heterocycles. The van der Waals surface area contributed by atoms with E-state index in [-0.39, 0.29) is 18.1 Å². The van der Waals surface area contributed by atoms with Crippen molar-refractivity contribution in [1.82, 2.24) is 9.47 Å². The first-order valence-electron chi connectivity index (χ1n) is 7.57. The molecule has 24 heavy (non-hydrogen) atoms. The van der Waals surface area contributed by atoms with Gasteiger partial charge in [0.25, 0.3) is 11.2 Å². The van der Waals surface area contributed by atoms with E-state index in [1.165, 1.54) is 10.5 Å². The van der Waals surface area contributed by atoms with Gasteiger partial charge in [0.15, 0.2) is 0 Å². The Morgan fingerprint density at radius 2 is 1.79 bits per heavy atom. The number of carbonyl (C=O) groups is 1. The molecule has 1 aromatic heterocycles. The second-order valence-electron chi connectivity index (χ2n) is 5.53. The van der Waals surface area contributed by atoms with Crippen molar-refractivity contribution in [3.05, 3.63) is 74.2 Å². The summed E-state index contributed by atoms with van der Waals surface area (Å²) in [6.45, 7) is 2.25. The van der Waals surface area contributed by atoms with Gasteiger partial charge in [-0.2, -0.15) is 0 Å². The molecule has 7 heteroatoms. The minimum Gasteiger partial charge on any atom is -0.340 e. The van der Waals surface area contributed by atoms with E-state index in [9.17, 15) is 19.7 Å². The number of hydrogen-bond donors (Lipinski definition) is 0. The summed E-state index contributed by atoms with van der Waals surface area (Å²) < 4.78 is 1.05. The van der Waals surface area contributed by atoms with Crippen LogP contribution in [0.3, 0.4) is 0 Å². The lowest BCUT2D eigenvalue weighted by Gasteiger charge is -2.18. The van der Waals surface area contributed by atoms with Crippen LogP contribution in [0.1, 0.15) is 18.1 Å². The molecule has 126 valence electrons. The fraction of sp³-hybridized carbons (Fsp3) is 0.294. The predicted octanol–water partition coefficient (Wildman–Crippen LogP) is 1.98. The van der Waals surface area contributed by atoms with E-state index in [4.69, 9.17) is 0 Å². The van der Waals surface area contributed by atoms with Crippen molar-refractivity contribution < 1.29 is 9.72 Å². The van der Waals surface area contributed by atoms with Gasteiger partial charge < -0.3 is 4.90 Å². The van der Waals surface area contributed by atoms with Crippen LogP contribution in [0.2, 0.25) is 0 Å². The van der Waals surface area contributed by atoms with Crippen LogP contribution in [-0.4, -0.2) is 27.3 Å². The van der Waals surface area contributed by atoms with Gasteiger partial charge in [0.05, 0.1) is 11.1 Å². The van der Waals surface area contributed by atoms with Crippen LogP contribution < -0.4 is 5.56 Å². The van der Waals surface area contributed by atoms with Gasteiger partial charge in [-0.1, -0.05) is 31.2 Å². The summed E-state index contributed by atoms with van der Waals surface area (Å²) in [4.78, 5) is 35.7. The number of amides is 1. The number of hydrogen-bond acceptors (Lipinski definition) is 4. The number of rotatable bonds is 6. The zero-order valence-electron chi connectivity index (χ0n) is 13.6. The van der Waals surface area contributed by atoms with Crippen LogP contribution >= 0.6 is 0 Å². The lowest BCUT2D eigenvalue weighted by molar-refractivity contribution is -0.385. The summed E-state index contributed by atoms with van der Waals surface area (Å²) in [6, 6.07) is 10.2. The highest BCUT2D eigenvalue weighted by Gasteiger charge is 2.14. The Bertz CT molecular complexity index is 796. The average molecular weight is 329 g/mol. The third kappa shape index (κ3) is 4.28. The van der Waals surface area contributed by atoms with Crippen LogP contribution in [0.25, 0.3) is 0 Å². The second-order valence-corrected chi connectivity index (χ2v) is 5.53. The molecule has 0 fully saturated rings. The fourth-order valence-corrected chi connectivity index (χ4v) is 2.26. The summed E-state index contributed by atoms with van der Waals surface area (Å²) in [7, 11) is 1.64. The molecule has 1 aromatic carbocycles. The number of aromatic nitrogens is 1. The molecule has 0 bridgehead atoms. The maximum Gasteiger partial charge on any atom is 0.285 e. The minimum absolute atomic E-state index is 0.222. The van der Waals surface area contributed by atoms with Crippen molar-refractivity contribution in [3.63, 3.8) is 0 Å². The molecule has 7 nitrogen and oxygen atoms in total. The van der Waals surface area contributed by atoms with Crippen LogP contribution in [0.4, 0.5) is 5.69 Å². The molecule has 0 saturated carbocycles. The average Bonchev–Trinajstić information content (AvgIpc) is 2.57. The summed E-state index contributed by atoms with van der Waals surface area (Å²) in [5.41, 5.74) is 1.53. The van der Waals surface area contributed by atoms with E-state index in [1.54, 1.807) is 7.05 Å². The quantitative estimate of drug-likeness (QED) is 0.599. The third-order valence-corrected chi connectivity index (χ3v) is 3.76. The normalized spacial score (nSPS) is 10.4. The largest absolute Gasteiger partial charge is 0.340 e. The van der Waals surface area contributed by atoms with E-state index in [0.29, 0.717) is 6.54 Å². The second kappa shape index (κ2) is 7.54. The number of nitrogens with zero attached hydrogens (tertiary/aromatic N) is 3. The third-order valence-electron chi connectivity index (χ3n) is 3.76. The Morgan fingerprint density at radius 1 is 1.17 bits per heavy atom. The Morgan fingerprint density at radius 3 is 2.38 bits per heavy atom. The molecule has 2 rings (SSSR count). The van der Waals surface area contributed by atoms with Gasteiger partial charge in [0.1, 0.15) is 6.54 Å². The summed E-state index contributed by atoms with van der Waals surface area (Å²) in [6.07, 6.45) is 2.04. The van der Waals surface area contributed by atoms with Crippen molar-refractivity contribution in [2.45, 2.75) is 26.4 Å². The van der Waals surface area contributed by atoms with Gasteiger partial charge in [-0.15, -0.1) is 0 Å². The van der Waals surface area contributed by atoms with Gasteiger partial charge in [-0.05, 0) is 17.5 Å². The molecule has 1 amide bonds. The van der Waals surface area contributed by atoms with E-state index >= 15 is 0 Å². The highest BCUT2D eigenvalue weighted by Crippen LogP contribution is 2.09. The first-order valence-corrected chi connectivity index (χ1v) is 7.57. The minimum atomic E-state index is -0.598. The molecule has 0 aliphatic carbocycles. The highest BCUT2D eigenvalue weighted by molar-refractivity contribution is 5.75. The topological polar surface area (TPSA) is 85.4 Å². The lowest BCUT2D eigenvalue weighted by atomic mass is 10.1. The number of likely N-dealkylation sites (N-methyl/N-ethyl adjacent to an activating group) is 1. The number of carbonyl (C=O) groups excluding carboxylic acids is 1. The van der Waals surface area contributed by atoms with Crippen LogP contribution in [0.15, 0.2) is 47.4 Å². The Labute approximate surface area is 139 Å². The number of nitro groups is 1. The first-order chi connectivity index (χ1) is 11.4. The van der Waals surface area contributed by atoms with Crippen LogP contribution in [0.5, 0.6) is 0 Å². The van der Waals surface area contributed by atoms with Gasteiger partial charge in [-0.3, -0.25) is 24.3 Å². The Hall–Kier alpha value is -2.96. The molecule has 0 N–H and O–H groups in total. The van der Waals surface area contributed by atoms with Crippen LogP contribution in [0, 0.1) is 10.1 Å². The van der Waals surface area contributed by atoms with E-state index in [2.05, 4.69) is 6.92 Å². The molecule has 0 radical (unpaired) electrons. The maximum absolute atomic E-state index is 12.3. The number of pyridine rings is 1. The van der Waals surface area contributed by atoms with Crippen molar-refractivity contribution in [2.24, 2.45) is 0 Å². The fourth-order valence-electron chi connectivity index (χ4n) is 2.26. The van der Waals surface area contributed by atoms with Crippen molar-refractivity contribution in [1.29, 1.82) is 0 Å². The van der Waals surface area contributed by atoms with Crippen molar-refractivity contribution in [2.75, 3.05) is 7.05 Å². The monoisotopic (exact) mass is 329 g/mol. The smallest absolute Gasteiger partial charge is 0.285 e. The van der Waals surface area contributed by atoms with Gasteiger partial charge >= 0.3 is 0 Å². The number of benzene rings is 1. The molecular weight excluding hydrogens is 310 g/mol. The van der Waals surface area contributed by atoms with Gasteiger partial charge in [0.2, 0.25) is 5.91 Å². The summed E-state index contributed by atoms with van der Waals surface area (Å²) >= 11 is 0. The highest BCUT2D eigenvalue weighted by atomic mass is 16.6.